The fourth-order valence-electron chi connectivity index (χ4n) is 1.99. The van der Waals surface area contributed by atoms with Crippen LogP contribution in [0.5, 0.6) is 0 Å². The Bertz CT molecular complexity index is 618. The SMILES string of the molecule is [Br-].c1ccc(Cc2s[s+]cc2-c2ccccc2)cc1. The Balaban J connectivity index is 0.00000133. The van der Waals surface area contributed by atoms with Gasteiger partial charge in [-0.25, -0.2) is 0 Å². The zero-order valence-corrected chi connectivity index (χ0v) is 13.5. The van der Waals surface area contributed by atoms with Crippen LogP contribution in [-0.2, 0) is 6.42 Å². The maximum Gasteiger partial charge on any atom is 0.292 e. The molecule has 96 valence electrons. The molecule has 3 aromatic rings. The average molecular weight is 349 g/mol. The topological polar surface area (TPSA) is 0 Å². The molecule has 0 atom stereocenters. The first kappa shape index (κ1) is 14.4. The molecule has 3 heteroatoms. The molecule has 1 heterocycles. The van der Waals surface area contributed by atoms with Gasteiger partial charge in [0, 0.05) is 6.42 Å². The summed E-state index contributed by atoms with van der Waals surface area (Å²) in [7, 11) is 3.70. The van der Waals surface area contributed by atoms with Crippen molar-refractivity contribution in [3.63, 3.8) is 0 Å². The third kappa shape index (κ3) is 3.50. The molecule has 3 rings (SSSR count). The predicted octanol–water partition coefficient (Wildman–Crippen LogP) is 2.35. The van der Waals surface area contributed by atoms with Crippen molar-refractivity contribution in [1.82, 2.24) is 0 Å². The highest BCUT2D eigenvalue weighted by Gasteiger charge is 2.15. The molecule has 0 aliphatic carbocycles. The molecular formula is C16H13BrS2. The first-order valence-corrected chi connectivity index (χ1v) is 8.14. The molecule has 0 nitrogen and oxygen atoms in total. The lowest BCUT2D eigenvalue weighted by atomic mass is 10.0. The first-order chi connectivity index (χ1) is 8.93. The zero-order chi connectivity index (χ0) is 12.2. The normalized spacial score (nSPS) is 9.89. The summed E-state index contributed by atoms with van der Waals surface area (Å²) in [4.78, 5) is 1.46. The van der Waals surface area contributed by atoms with E-state index in [1.54, 1.807) is 0 Å². The van der Waals surface area contributed by atoms with Gasteiger partial charge in [-0.3, -0.25) is 0 Å². The molecule has 0 radical (unpaired) electrons. The summed E-state index contributed by atoms with van der Waals surface area (Å²) in [5.41, 5.74) is 4.08. The second kappa shape index (κ2) is 6.94. The van der Waals surface area contributed by atoms with Crippen molar-refractivity contribution in [2.75, 3.05) is 0 Å². The Kier molecular flexibility index (Phi) is 5.25. The molecule has 0 aliphatic heterocycles. The van der Waals surface area contributed by atoms with Gasteiger partial charge in [-0.05, 0) is 11.1 Å². The van der Waals surface area contributed by atoms with Crippen molar-refractivity contribution >= 4 is 20.7 Å². The van der Waals surface area contributed by atoms with E-state index in [0.717, 1.165) is 6.42 Å². The van der Waals surface area contributed by atoms with Gasteiger partial charge >= 0.3 is 0 Å². The van der Waals surface area contributed by atoms with Crippen molar-refractivity contribution in [2.45, 2.75) is 6.42 Å². The minimum absolute atomic E-state index is 0. The van der Waals surface area contributed by atoms with Crippen LogP contribution in [0.4, 0.5) is 0 Å². The highest BCUT2D eigenvalue weighted by atomic mass is 79.9. The summed E-state index contributed by atoms with van der Waals surface area (Å²) in [5, 5.41) is 2.26. The highest BCUT2D eigenvalue weighted by molar-refractivity contribution is 7.69. The van der Waals surface area contributed by atoms with Crippen LogP contribution < -0.4 is 17.0 Å². The Morgan fingerprint density at radius 2 is 1.47 bits per heavy atom. The molecule has 0 saturated heterocycles. The van der Waals surface area contributed by atoms with E-state index in [4.69, 9.17) is 0 Å². The zero-order valence-electron chi connectivity index (χ0n) is 10.3. The van der Waals surface area contributed by atoms with Crippen LogP contribution in [0.1, 0.15) is 10.4 Å². The van der Waals surface area contributed by atoms with Gasteiger partial charge in [-0.2, -0.15) is 0 Å². The summed E-state index contributed by atoms with van der Waals surface area (Å²) in [5.74, 6) is 0. The van der Waals surface area contributed by atoms with Crippen LogP contribution in [0.15, 0.2) is 66.0 Å². The highest BCUT2D eigenvalue weighted by Crippen LogP contribution is 2.33. The molecule has 19 heavy (non-hydrogen) atoms. The van der Waals surface area contributed by atoms with Crippen LogP contribution in [0, 0.1) is 0 Å². The van der Waals surface area contributed by atoms with E-state index in [2.05, 4.69) is 66.0 Å². The quantitative estimate of drug-likeness (QED) is 0.503. The van der Waals surface area contributed by atoms with E-state index in [1.165, 1.54) is 21.6 Å². The second-order valence-electron chi connectivity index (χ2n) is 4.16. The molecule has 2 aromatic carbocycles. The lowest BCUT2D eigenvalue weighted by Crippen LogP contribution is -3.00. The van der Waals surface area contributed by atoms with Crippen LogP contribution >= 0.6 is 20.7 Å². The number of rotatable bonds is 3. The Morgan fingerprint density at radius 1 is 0.842 bits per heavy atom. The van der Waals surface area contributed by atoms with Crippen molar-refractivity contribution in [1.29, 1.82) is 0 Å². The molecule has 0 amide bonds. The van der Waals surface area contributed by atoms with E-state index >= 15 is 0 Å². The van der Waals surface area contributed by atoms with Crippen molar-refractivity contribution in [3.05, 3.63) is 76.5 Å². The van der Waals surface area contributed by atoms with E-state index in [-0.39, 0.29) is 17.0 Å². The van der Waals surface area contributed by atoms with Gasteiger partial charge in [0.15, 0.2) is 10.3 Å². The standard InChI is InChI=1S/C16H13S2.BrH/c1-3-7-13(8-4-1)11-16-15(12-17-18-16)14-9-5-2-6-10-14;/h1-10,12H,11H2;1H/q+1;/p-1. The van der Waals surface area contributed by atoms with E-state index in [9.17, 15) is 0 Å². The molecule has 0 saturated carbocycles. The van der Waals surface area contributed by atoms with Gasteiger partial charge < -0.3 is 17.0 Å². The van der Waals surface area contributed by atoms with Crippen molar-refractivity contribution in [2.24, 2.45) is 0 Å². The molecule has 0 fully saturated rings. The van der Waals surface area contributed by atoms with Crippen molar-refractivity contribution < 1.29 is 17.0 Å². The van der Waals surface area contributed by atoms with Gasteiger partial charge in [0.1, 0.15) is 0 Å². The number of halogens is 1. The lowest BCUT2D eigenvalue weighted by molar-refractivity contribution is -0.00000335. The fraction of sp³-hybridized carbons (Fsp3) is 0.0625. The van der Waals surface area contributed by atoms with Crippen LogP contribution in [0.25, 0.3) is 11.1 Å². The number of benzene rings is 2. The van der Waals surface area contributed by atoms with Crippen LogP contribution in [0.2, 0.25) is 0 Å². The smallest absolute Gasteiger partial charge is 0.292 e. The molecule has 0 aliphatic rings. The maximum atomic E-state index is 2.26. The number of hydrogen-bond acceptors (Lipinski definition) is 1. The lowest BCUT2D eigenvalue weighted by Gasteiger charge is -2.00. The largest absolute Gasteiger partial charge is 1.00 e. The summed E-state index contributed by atoms with van der Waals surface area (Å²) in [6.45, 7) is 0. The summed E-state index contributed by atoms with van der Waals surface area (Å²) in [6.07, 6.45) is 1.03. The van der Waals surface area contributed by atoms with Gasteiger partial charge in [0.2, 0.25) is 5.38 Å². The van der Waals surface area contributed by atoms with Crippen LogP contribution in [-0.4, -0.2) is 0 Å². The predicted molar refractivity (Wildman–Crippen MR) is 81.3 cm³/mol. The second-order valence-corrected chi connectivity index (χ2v) is 6.33. The molecule has 0 unspecified atom stereocenters. The molecular weight excluding hydrogens is 336 g/mol. The maximum absolute atomic E-state index is 2.26. The molecule has 0 bridgehead atoms. The van der Waals surface area contributed by atoms with E-state index in [1.807, 2.05) is 20.7 Å². The average Bonchev–Trinajstić information content (AvgIpc) is 2.89. The summed E-state index contributed by atoms with van der Waals surface area (Å²) >= 11 is 0. The van der Waals surface area contributed by atoms with Gasteiger partial charge in [0.05, 0.1) is 10.4 Å². The van der Waals surface area contributed by atoms with Crippen LogP contribution in [0.3, 0.4) is 0 Å². The summed E-state index contributed by atoms with van der Waals surface area (Å²) < 4.78 is 0. The molecule has 1 aromatic heterocycles. The third-order valence-corrected chi connectivity index (χ3v) is 5.08. The Labute approximate surface area is 131 Å². The summed E-state index contributed by atoms with van der Waals surface area (Å²) in [6, 6.07) is 21.3. The van der Waals surface area contributed by atoms with Gasteiger partial charge in [0.25, 0.3) is 10.3 Å². The van der Waals surface area contributed by atoms with E-state index < -0.39 is 0 Å². The minimum Gasteiger partial charge on any atom is -1.00 e. The first-order valence-electron chi connectivity index (χ1n) is 5.92. The molecule has 0 spiro atoms. The fourth-order valence-corrected chi connectivity index (χ4v) is 4.33. The van der Waals surface area contributed by atoms with E-state index in [0.29, 0.717) is 0 Å². The Morgan fingerprint density at radius 3 is 2.16 bits per heavy atom. The third-order valence-electron chi connectivity index (χ3n) is 2.91. The Hall–Kier alpha value is -1.03. The van der Waals surface area contributed by atoms with Gasteiger partial charge in [-0.15, -0.1) is 0 Å². The van der Waals surface area contributed by atoms with Crippen molar-refractivity contribution in [3.8, 4) is 11.1 Å². The minimum atomic E-state index is 0. The van der Waals surface area contributed by atoms with Gasteiger partial charge in [-0.1, -0.05) is 60.7 Å². The monoisotopic (exact) mass is 348 g/mol. The molecule has 0 N–H and O–H groups in total. The number of hydrogen-bond donors (Lipinski definition) is 0.